The first-order valence-corrected chi connectivity index (χ1v) is 47.5. The third-order valence-electron chi connectivity index (χ3n) is 20.6. The smallest absolute Gasteiger partial charge is 0.462 e. The van der Waals surface area contributed by atoms with Crippen LogP contribution in [-0.2, 0) is 65.4 Å². The molecule has 0 spiro atoms. The maximum atomic E-state index is 13.1. The summed E-state index contributed by atoms with van der Waals surface area (Å²) < 4.78 is 68.9. The molecule has 0 amide bonds. The average molecular weight is 1540 g/mol. The normalized spacial score (nSPS) is 14.1. The Balaban J connectivity index is 5.23. The number of aliphatic hydroxyl groups is 1. The summed E-state index contributed by atoms with van der Waals surface area (Å²) in [6.45, 7) is 9.75. The molecule has 0 heterocycles. The Morgan fingerprint density at radius 1 is 0.276 bits per heavy atom. The van der Waals surface area contributed by atoms with Gasteiger partial charge in [-0.05, 0) is 37.5 Å². The number of unbranched alkanes of at least 4 members (excludes halogenated alkanes) is 54. The van der Waals surface area contributed by atoms with Gasteiger partial charge in [0, 0.05) is 25.7 Å². The van der Waals surface area contributed by atoms with Crippen molar-refractivity contribution >= 4 is 39.5 Å². The zero-order chi connectivity index (χ0) is 77.1. The number of phosphoric ester groups is 2. The molecular weight excluding hydrogens is 1370 g/mol. The highest BCUT2D eigenvalue weighted by Gasteiger charge is 2.30. The number of ether oxygens (including phenoxy) is 4. The molecule has 6 atom stereocenters. The second-order valence-electron chi connectivity index (χ2n) is 31.6. The van der Waals surface area contributed by atoms with E-state index in [-0.39, 0.29) is 25.7 Å². The molecule has 0 fully saturated rings. The number of carbonyl (C=O) groups is 4. The van der Waals surface area contributed by atoms with Crippen LogP contribution in [-0.4, -0.2) is 96.7 Å². The molecule has 0 aromatic carbocycles. The summed E-state index contributed by atoms with van der Waals surface area (Å²) in [6, 6.07) is 0. The second kappa shape index (κ2) is 77.4. The van der Waals surface area contributed by atoms with Crippen LogP contribution in [0.15, 0.2) is 0 Å². The van der Waals surface area contributed by atoms with E-state index in [0.29, 0.717) is 25.7 Å². The second-order valence-corrected chi connectivity index (χ2v) is 34.6. The van der Waals surface area contributed by atoms with Crippen molar-refractivity contribution in [1.82, 2.24) is 0 Å². The van der Waals surface area contributed by atoms with Crippen LogP contribution in [0.25, 0.3) is 0 Å². The lowest BCUT2D eigenvalue weighted by molar-refractivity contribution is -0.161. The van der Waals surface area contributed by atoms with Gasteiger partial charge in [-0.15, -0.1) is 0 Å². The van der Waals surface area contributed by atoms with Gasteiger partial charge in [0.1, 0.15) is 19.3 Å². The molecule has 0 saturated carbocycles. The van der Waals surface area contributed by atoms with Gasteiger partial charge in [0.15, 0.2) is 12.2 Å². The number of aliphatic hydroxyl groups excluding tert-OH is 1. The van der Waals surface area contributed by atoms with Gasteiger partial charge in [-0.2, -0.15) is 0 Å². The molecule has 0 aromatic heterocycles. The summed E-state index contributed by atoms with van der Waals surface area (Å²) >= 11 is 0. The van der Waals surface area contributed by atoms with E-state index in [1.807, 2.05) is 0 Å². The number of rotatable bonds is 85. The molecule has 3 N–H and O–H groups in total. The topological polar surface area (TPSA) is 237 Å². The lowest BCUT2D eigenvalue weighted by Gasteiger charge is -2.21. The van der Waals surface area contributed by atoms with E-state index in [1.54, 1.807) is 0 Å². The van der Waals surface area contributed by atoms with Crippen LogP contribution >= 0.6 is 15.6 Å². The van der Waals surface area contributed by atoms with Crippen LogP contribution in [0.2, 0.25) is 0 Å². The zero-order valence-electron chi connectivity index (χ0n) is 69.0. The maximum absolute atomic E-state index is 13.1. The molecule has 624 valence electrons. The van der Waals surface area contributed by atoms with E-state index in [0.717, 1.165) is 102 Å². The number of esters is 4. The van der Waals surface area contributed by atoms with Gasteiger partial charge in [-0.3, -0.25) is 37.3 Å². The van der Waals surface area contributed by atoms with E-state index >= 15 is 0 Å². The third kappa shape index (κ3) is 78.5. The summed E-state index contributed by atoms with van der Waals surface area (Å²) in [6.07, 6.45) is 69.3. The third-order valence-corrected chi connectivity index (χ3v) is 22.5. The fourth-order valence-corrected chi connectivity index (χ4v) is 15.0. The predicted molar refractivity (Wildman–Crippen MR) is 432 cm³/mol. The molecule has 0 aliphatic heterocycles. The fourth-order valence-electron chi connectivity index (χ4n) is 13.4. The molecule has 0 rings (SSSR count). The Morgan fingerprint density at radius 2 is 0.486 bits per heavy atom. The Bertz CT molecular complexity index is 2010. The Kier molecular flexibility index (Phi) is 76.0. The van der Waals surface area contributed by atoms with Crippen molar-refractivity contribution in [1.29, 1.82) is 0 Å². The summed E-state index contributed by atoms with van der Waals surface area (Å²) in [5.74, 6) is -0.453. The van der Waals surface area contributed by atoms with E-state index in [4.69, 9.17) is 37.0 Å². The molecule has 0 bridgehead atoms. The van der Waals surface area contributed by atoms with Gasteiger partial charge in [0.25, 0.3) is 0 Å². The van der Waals surface area contributed by atoms with E-state index in [9.17, 15) is 43.2 Å². The van der Waals surface area contributed by atoms with Crippen molar-refractivity contribution in [2.24, 2.45) is 11.8 Å². The van der Waals surface area contributed by atoms with Crippen molar-refractivity contribution in [3.05, 3.63) is 0 Å². The predicted octanol–water partition coefficient (Wildman–Crippen LogP) is 26.2. The molecule has 0 aliphatic carbocycles. The van der Waals surface area contributed by atoms with Crippen LogP contribution < -0.4 is 0 Å². The molecule has 17 nitrogen and oxygen atoms in total. The van der Waals surface area contributed by atoms with Crippen LogP contribution in [0.1, 0.15) is 459 Å². The molecule has 105 heavy (non-hydrogen) atoms. The van der Waals surface area contributed by atoms with Crippen molar-refractivity contribution in [3.63, 3.8) is 0 Å². The molecule has 19 heteroatoms. The first-order valence-electron chi connectivity index (χ1n) is 44.5. The minimum absolute atomic E-state index is 0.107. The first-order chi connectivity index (χ1) is 50.9. The van der Waals surface area contributed by atoms with Gasteiger partial charge < -0.3 is 33.8 Å². The molecule has 0 aromatic rings. The van der Waals surface area contributed by atoms with Crippen LogP contribution in [0, 0.1) is 11.8 Å². The monoisotopic (exact) mass is 1540 g/mol. The number of phosphoric acid groups is 2. The van der Waals surface area contributed by atoms with Crippen LogP contribution in [0.4, 0.5) is 0 Å². The van der Waals surface area contributed by atoms with Crippen molar-refractivity contribution in [3.8, 4) is 0 Å². The SMILES string of the molecule is CCCCCCCCCCCCCCCCCCCC(=O)OC[C@H](COP(=O)(O)OC[C@@H](O)COP(=O)(O)OC[C@@H](COC(=O)CCCCCCCCCCCCC)OC(=O)CCCCCCCCCCCCCCC(C)C)OC(=O)CCCCCCCCCCCCCCCCCCCCC(C)CC. The Labute approximate surface area is 645 Å². The van der Waals surface area contributed by atoms with Gasteiger partial charge >= 0.3 is 39.5 Å². The quantitative estimate of drug-likeness (QED) is 0.0222. The number of carbonyl (C=O) groups excluding carboxylic acids is 4. The Morgan fingerprint density at radius 3 is 0.724 bits per heavy atom. The minimum atomic E-state index is -4.97. The minimum Gasteiger partial charge on any atom is -0.462 e. The zero-order valence-corrected chi connectivity index (χ0v) is 70.8. The highest BCUT2D eigenvalue weighted by atomic mass is 31.2. The summed E-state index contributed by atoms with van der Waals surface area (Å²) in [5, 5.41) is 10.7. The van der Waals surface area contributed by atoms with Crippen molar-refractivity contribution < 1.29 is 80.2 Å². The highest BCUT2D eigenvalue weighted by molar-refractivity contribution is 7.47. The summed E-state index contributed by atoms with van der Waals surface area (Å²) in [4.78, 5) is 73.2. The summed E-state index contributed by atoms with van der Waals surface area (Å²) in [5.41, 5.74) is 0. The first kappa shape index (κ1) is 103. The summed E-state index contributed by atoms with van der Waals surface area (Å²) in [7, 11) is -9.93. The average Bonchev–Trinajstić information content (AvgIpc) is 0.903. The molecule has 3 unspecified atom stereocenters. The van der Waals surface area contributed by atoms with Crippen LogP contribution in [0.5, 0.6) is 0 Å². The van der Waals surface area contributed by atoms with Gasteiger partial charge in [0.05, 0.1) is 26.4 Å². The molecule has 0 aliphatic rings. The fraction of sp³-hybridized carbons (Fsp3) is 0.953. The largest absolute Gasteiger partial charge is 0.472 e. The van der Waals surface area contributed by atoms with Gasteiger partial charge in [0.2, 0.25) is 0 Å². The van der Waals surface area contributed by atoms with E-state index in [2.05, 4.69) is 41.5 Å². The maximum Gasteiger partial charge on any atom is 0.472 e. The van der Waals surface area contributed by atoms with E-state index < -0.39 is 97.5 Å². The molecule has 0 saturated heterocycles. The van der Waals surface area contributed by atoms with Crippen molar-refractivity contribution in [2.45, 2.75) is 477 Å². The van der Waals surface area contributed by atoms with Crippen LogP contribution in [0.3, 0.4) is 0 Å². The van der Waals surface area contributed by atoms with Gasteiger partial charge in [-0.25, -0.2) is 9.13 Å². The van der Waals surface area contributed by atoms with Crippen molar-refractivity contribution in [2.75, 3.05) is 39.6 Å². The molecule has 0 radical (unpaired) electrons. The number of hydrogen-bond acceptors (Lipinski definition) is 15. The standard InChI is InChI=1S/C86H168O17P2/c1-7-10-12-14-16-18-20-21-22-25-29-32-39-45-51-57-63-69-84(89)97-75-82(102-85(90)70-64-58-52-46-40-33-30-27-24-23-26-28-31-38-43-49-55-61-67-79(6)9-3)77-101-105(94,95)99-73-80(87)72-98-104(92,93)100-76-81(74-96-83(88)68-62-56-50-44-36-19-17-15-13-11-8-2)103-86(91)71-65-59-53-47-41-35-34-37-42-48-54-60-66-78(4)5/h78-82,87H,7-77H2,1-6H3,(H,92,93)(H,94,95)/t79?,80-,81+,82+/m0/s1. The molecular formula is C86H168O17P2. The highest BCUT2D eigenvalue weighted by Crippen LogP contribution is 2.45. The Hall–Kier alpha value is -1.94. The van der Waals surface area contributed by atoms with Gasteiger partial charge in [-0.1, -0.05) is 408 Å². The number of hydrogen-bond donors (Lipinski definition) is 3. The lowest BCUT2D eigenvalue weighted by atomic mass is 9.99. The lowest BCUT2D eigenvalue weighted by Crippen LogP contribution is -2.30. The van der Waals surface area contributed by atoms with E-state index in [1.165, 1.54) is 276 Å².